The molecule has 0 bridgehead atoms. The largest absolute Gasteiger partial charge is 0.481 e. The number of benzene rings is 2. The summed E-state index contributed by atoms with van der Waals surface area (Å²) in [7, 11) is 0. The van der Waals surface area contributed by atoms with Gasteiger partial charge in [0.2, 0.25) is 0 Å². The lowest BCUT2D eigenvalue weighted by Crippen LogP contribution is -2.04. The molecule has 2 rings (SSSR count). The normalized spacial score (nSPS) is 9.47. The molecule has 0 amide bonds. The maximum atomic E-state index is 12.1. The summed E-state index contributed by atoms with van der Waals surface area (Å²) in [6.07, 6.45) is -0.0735. The minimum absolute atomic E-state index is 0. The molecular formula is C15H13ClO3. The number of hydrogen-bond donors (Lipinski definition) is 1. The molecule has 4 heteroatoms. The first-order chi connectivity index (χ1) is 8.66. The SMILES string of the molecule is Cl.O=C(O)Cc1cccc(C(=O)c2ccccc2)c1. The van der Waals surface area contributed by atoms with E-state index < -0.39 is 5.97 Å². The van der Waals surface area contributed by atoms with Gasteiger partial charge in [0, 0.05) is 11.1 Å². The van der Waals surface area contributed by atoms with Gasteiger partial charge in [-0.05, 0) is 11.6 Å². The molecule has 1 N–H and O–H groups in total. The molecule has 0 saturated carbocycles. The fourth-order valence-electron chi connectivity index (χ4n) is 1.75. The molecule has 2 aromatic carbocycles. The van der Waals surface area contributed by atoms with E-state index in [-0.39, 0.29) is 24.6 Å². The Morgan fingerprint density at radius 3 is 2.16 bits per heavy atom. The lowest BCUT2D eigenvalue weighted by molar-refractivity contribution is -0.136. The predicted octanol–water partition coefficient (Wildman–Crippen LogP) is 2.97. The van der Waals surface area contributed by atoms with Crippen molar-refractivity contribution in [1.29, 1.82) is 0 Å². The Kier molecular flexibility index (Phi) is 5.27. The van der Waals surface area contributed by atoms with Crippen molar-refractivity contribution < 1.29 is 14.7 Å². The number of aliphatic carboxylic acids is 1. The van der Waals surface area contributed by atoms with Crippen LogP contribution < -0.4 is 0 Å². The monoisotopic (exact) mass is 276 g/mol. The Morgan fingerprint density at radius 2 is 1.53 bits per heavy atom. The van der Waals surface area contributed by atoms with Gasteiger partial charge in [-0.3, -0.25) is 9.59 Å². The summed E-state index contributed by atoms with van der Waals surface area (Å²) < 4.78 is 0. The number of halogens is 1. The van der Waals surface area contributed by atoms with Crippen molar-refractivity contribution in [3.05, 3.63) is 71.3 Å². The molecule has 19 heavy (non-hydrogen) atoms. The molecule has 98 valence electrons. The third-order valence-electron chi connectivity index (χ3n) is 2.58. The van der Waals surface area contributed by atoms with Crippen LogP contribution in [0, 0.1) is 0 Å². The fourth-order valence-corrected chi connectivity index (χ4v) is 1.75. The summed E-state index contributed by atoms with van der Waals surface area (Å²) in [6, 6.07) is 15.7. The van der Waals surface area contributed by atoms with E-state index in [9.17, 15) is 9.59 Å². The number of carboxylic acids is 1. The number of carboxylic acid groups (broad SMARTS) is 1. The molecule has 3 nitrogen and oxygen atoms in total. The van der Waals surface area contributed by atoms with Crippen LogP contribution in [0.4, 0.5) is 0 Å². The van der Waals surface area contributed by atoms with E-state index in [1.807, 2.05) is 6.07 Å². The summed E-state index contributed by atoms with van der Waals surface area (Å²) in [4.78, 5) is 22.8. The van der Waals surface area contributed by atoms with Gasteiger partial charge in [0.15, 0.2) is 5.78 Å². The van der Waals surface area contributed by atoms with Crippen molar-refractivity contribution in [3.63, 3.8) is 0 Å². The van der Waals surface area contributed by atoms with Crippen LogP contribution in [0.2, 0.25) is 0 Å². The summed E-state index contributed by atoms with van der Waals surface area (Å²) in [5.74, 6) is -0.998. The fraction of sp³-hybridized carbons (Fsp3) is 0.0667. The first kappa shape index (κ1) is 14.9. The molecule has 0 fully saturated rings. The summed E-state index contributed by atoms with van der Waals surface area (Å²) in [5, 5.41) is 8.73. The van der Waals surface area contributed by atoms with E-state index >= 15 is 0 Å². The molecule has 0 saturated heterocycles. The number of carbonyl (C=O) groups excluding carboxylic acids is 1. The van der Waals surface area contributed by atoms with Crippen molar-refractivity contribution in [1.82, 2.24) is 0 Å². The Balaban J connectivity index is 0.00000180. The lowest BCUT2D eigenvalue weighted by Gasteiger charge is -2.03. The van der Waals surface area contributed by atoms with Gasteiger partial charge in [0.05, 0.1) is 6.42 Å². The van der Waals surface area contributed by atoms with Crippen LogP contribution in [-0.4, -0.2) is 16.9 Å². The third kappa shape index (κ3) is 3.93. The highest BCUT2D eigenvalue weighted by molar-refractivity contribution is 6.09. The maximum Gasteiger partial charge on any atom is 0.307 e. The van der Waals surface area contributed by atoms with Crippen LogP contribution in [0.3, 0.4) is 0 Å². The molecular weight excluding hydrogens is 264 g/mol. The topological polar surface area (TPSA) is 54.4 Å². The summed E-state index contributed by atoms with van der Waals surface area (Å²) >= 11 is 0. The molecule has 0 spiro atoms. The van der Waals surface area contributed by atoms with Crippen LogP contribution in [0.25, 0.3) is 0 Å². The Bertz CT molecular complexity index is 579. The van der Waals surface area contributed by atoms with Gasteiger partial charge in [-0.1, -0.05) is 48.5 Å². The second-order valence-corrected chi connectivity index (χ2v) is 3.97. The maximum absolute atomic E-state index is 12.1. The van der Waals surface area contributed by atoms with E-state index in [2.05, 4.69) is 0 Å². The van der Waals surface area contributed by atoms with Gasteiger partial charge < -0.3 is 5.11 Å². The highest BCUT2D eigenvalue weighted by atomic mass is 35.5. The standard InChI is InChI=1S/C15H12O3.ClH/c16-14(17)10-11-5-4-8-13(9-11)15(18)12-6-2-1-3-7-12;/h1-9H,10H2,(H,16,17);1H. The van der Waals surface area contributed by atoms with Crippen molar-refractivity contribution >= 4 is 24.2 Å². The molecule has 0 heterocycles. The quantitative estimate of drug-likeness (QED) is 0.874. The molecule has 2 aromatic rings. The molecule has 0 aliphatic carbocycles. The zero-order chi connectivity index (χ0) is 13.0. The van der Waals surface area contributed by atoms with E-state index in [4.69, 9.17) is 5.11 Å². The molecule has 0 aromatic heterocycles. The van der Waals surface area contributed by atoms with Gasteiger partial charge in [-0.2, -0.15) is 0 Å². The van der Waals surface area contributed by atoms with Crippen molar-refractivity contribution in [2.75, 3.05) is 0 Å². The third-order valence-corrected chi connectivity index (χ3v) is 2.58. The minimum atomic E-state index is -0.903. The van der Waals surface area contributed by atoms with E-state index in [1.165, 1.54) is 0 Å². The number of hydrogen-bond acceptors (Lipinski definition) is 2. The van der Waals surface area contributed by atoms with Gasteiger partial charge in [-0.25, -0.2) is 0 Å². The van der Waals surface area contributed by atoms with Crippen molar-refractivity contribution in [2.45, 2.75) is 6.42 Å². The van der Waals surface area contributed by atoms with Gasteiger partial charge >= 0.3 is 5.97 Å². The number of carbonyl (C=O) groups is 2. The van der Waals surface area contributed by atoms with E-state index in [0.29, 0.717) is 16.7 Å². The van der Waals surface area contributed by atoms with Gasteiger partial charge in [0.1, 0.15) is 0 Å². The Morgan fingerprint density at radius 1 is 0.895 bits per heavy atom. The lowest BCUT2D eigenvalue weighted by atomic mass is 10.0. The van der Waals surface area contributed by atoms with Crippen LogP contribution in [0.15, 0.2) is 54.6 Å². The first-order valence-electron chi connectivity index (χ1n) is 5.57. The van der Waals surface area contributed by atoms with Crippen LogP contribution >= 0.6 is 12.4 Å². The second-order valence-electron chi connectivity index (χ2n) is 3.97. The Labute approximate surface area is 117 Å². The van der Waals surface area contributed by atoms with Crippen LogP contribution in [0.5, 0.6) is 0 Å². The molecule has 0 aliphatic rings. The number of rotatable bonds is 4. The van der Waals surface area contributed by atoms with Crippen molar-refractivity contribution in [2.24, 2.45) is 0 Å². The predicted molar refractivity (Wildman–Crippen MR) is 74.9 cm³/mol. The van der Waals surface area contributed by atoms with Crippen molar-refractivity contribution in [3.8, 4) is 0 Å². The first-order valence-corrected chi connectivity index (χ1v) is 5.57. The zero-order valence-corrected chi connectivity index (χ0v) is 10.9. The van der Waals surface area contributed by atoms with Crippen LogP contribution in [0.1, 0.15) is 21.5 Å². The molecule has 0 aliphatic heterocycles. The molecule has 0 atom stereocenters. The molecule has 0 radical (unpaired) electrons. The summed E-state index contributed by atoms with van der Waals surface area (Å²) in [5.41, 5.74) is 1.74. The van der Waals surface area contributed by atoms with E-state index in [1.54, 1.807) is 48.5 Å². The highest BCUT2D eigenvalue weighted by Crippen LogP contribution is 2.12. The zero-order valence-electron chi connectivity index (χ0n) is 10.1. The minimum Gasteiger partial charge on any atom is -0.481 e. The number of ketones is 1. The molecule has 0 unspecified atom stereocenters. The average Bonchev–Trinajstić information content (AvgIpc) is 2.38. The second kappa shape index (κ2) is 6.71. The summed E-state index contributed by atoms with van der Waals surface area (Å²) in [6.45, 7) is 0. The van der Waals surface area contributed by atoms with Gasteiger partial charge in [0.25, 0.3) is 0 Å². The highest BCUT2D eigenvalue weighted by Gasteiger charge is 2.09. The smallest absolute Gasteiger partial charge is 0.307 e. The van der Waals surface area contributed by atoms with E-state index in [0.717, 1.165) is 0 Å². The van der Waals surface area contributed by atoms with Crippen LogP contribution in [-0.2, 0) is 11.2 Å². The van der Waals surface area contributed by atoms with Gasteiger partial charge in [-0.15, -0.1) is 12.4 Å². The average molecular weight is 277 g/mol. The Hall–Kier alpha value is -2.13.